The molecule has 0 aromatic heterocycles. The number of hydrogen-bond acceptors (Lipinski definition) is 4. The average Bonchev–Trinajstić information content (AvgIpc) is 3.04. The maximum atomic E-state index is 11.3. The third kappa shape index (κ3) is 3.99. The van der Waals surface area contributed by atoms with Crippen molar-refractivity contribution in [2.24, 2.45) is 0 Å². The number of aliphatic hydroxyl groups excluding tert-OH is 1. The molecule has 0 unspecified atom stereocenters. The van der Waals surface area contributed by atoms with E-state index in [2.05, 4.69) is 10.6 Å². The molecule has 1 atom stereocenters. The van der Waals surface area contributed by atoms with Crippen molar-refractivity contribution < 1.29 is 14.6 Å². The van der Waals surface area contributed by atoms with Gasteiger partial charge in [-0.15, -0.1) is 0 Å². The molecule has 1 saturated carbocycles. The first kappa shape index (κ1) is 15.3. The smallest absolute Gasteiger partial charge is 0.224 e. The van der Waals surface area contributed by atoms with E-state index in [4.69, 9.17) is 4.74 Å². The second-order valence-electron chi connectivity index (χ2n) is 6.22. The number of rotatable bonds is 6. The molecule has 5 heteroatoms. The molecule has 0 radical (unpaired) electrons. The fourth-order valence-electron chi connectivity index (χ4n) is 3.13. The summed E-state index contributed by atoms with van der Waals surface area (Å²) in [5, 5.41) is 16.2. The summed E-state index contributed by atoms with van der Waals surface area (Å²) >= 11 is 0. The van der Waals surface area contributed by atoms with Crippen LogP contribution in [0.4, 0.5) is 5.69 Å². The van der Waals surface area contributed by atoms with Crippen molar-refractivity contribution in [1.29, 1.82) is 0 Å². The Balaban J connectivity index is 1.45. The Morgan fingerprint density at radius 2 is 2.14 bits per heavy atom. The minimum absolute atomic E-state index is 0.0644. The highest BCUT2D eigenvalue weighted by molar-refractivity contribution is 5.93. The second kappa shape index (κ2) is 7.11. The van der Waals surface area contributed by atoms with Crippen LogP contribution < -0.4 is 15.4 Å². The zero-order valence-electron chi connectivity index (χ0n) is 12.8. The van der Waals surface area contributed by atoms with Crippen molar-refractivity contribution in [1.82, 2.24) is 5.32 Å². The first-order valence-electron chi connectivity index (χ1n) is 8.18. The van der Waals surface area contributed by atoms with Gasteiger partial charge in [-0.1, -0.05) is 12.8 Å². The fourth-order valence-corrected chi connectivity index (χ4v) is 3.13. The van der Waals surface area contributed by atoms with Crippen molar-refractivity contribution in [2.75, 3.05) is 18.5 Å². The van der Waals surface area contributed by atoms with E-state index in [9.17, 15) is 9.90 Å². The van der Waals surface area contributed by atoms with Crippen LogP contribution in [0.15, 0.2) is 18.2 Å². The molecule has 1 aromatic carbocycles. The van der Waals surface area contributed by atoms with Gasteiger partial charge in [0.25, 0.3) is 0 Å². The molecule has 0 spiro atoms. The lowest BCUT2D eigenvalue weighted by molar-refractivity contribution is -0.116. The zero-order valence-corrected chi connectivity index (χ0v) is 12.8. The number of nitrogens with one attached hydrogen (secondary N) is 2. The molecule has 0 bridgehead atoms. The zero-order chi connectivity index (χ0) is 15.4. The van der Waals surface area contributed by atoms with Crippen molar-refractivity contribution in [2.45, 2.75) is 50.7 Å². The Morgan fingerprint density at radius 1 is 1.32 bits per heavy atom. The molecular formula is C17H24N2O3. The van der Waals surface area contributed by atoms with Crippen molar-refractivity contribution >= 4 is 11.6 Å². The SMILES string of the molecule is O=C1CCc2cc(OC[C@@H](O)CNC3CCCC3)ccc2N1. The van der Waals surface area contributed by atoms with Crippen LogP contribution in [0.25, 0.3) is 0 Å². The summed E-state index contributed by atoms with van der Waals surface area (Å²) in [5.74, 6) is 0.810. The highest BCUT2D eigenvalue weighted by Gasteiger charge is 2.17. The third-order valence-corrected chi connectivity index (χ3v) is 4.41. The van der Waals surface area contributed by atoms with Gasteiger partial charge >= 0.3 is 0 Å². The molecule has 2 aliphatic rings. The van der Waals surface area contributed by atoms with Crippen LogP contribution in [-0.4, -0.2) is 36.3 Å². The van der Waals surface area contributed by atoms with Crippen LogP contribution in [0.3, 0.4) is 0 Å². The number of carbonyl (C=O) groups is 1. The van der Waals surface area contributed by atoms with Crippen LogP contribution in [0.5, 0.6) is 5.75 Å². The molecule has 1 fully saturated rings. The molecule has 1 amide bonds. The molecule has 22 heavy (non-hydrogen) atoms. The highest BCUT2D eigenvalue weighted by Crippen LogP contribution is 2.26. The Bertz CT molecular complexity index is 527. The van der Waals surface area contributed by atoms with Gasteiger partial charge in [0.2, 0.25) is 5.91 Å². The highest BCUT2D eigenvalue weighted by atomic mass is 16.5. The third-order valence-electron chi connectivity index (χ3n) is 4.41. The van der Waals surface area contributed by atoms with E-state index in [-0.39, 0.29) is 12.5 Å². The largest absolute Gasteiger partial charge is 0.491 e. The van der Waals surface area contributed by atoms with Crippen molar-refractivity contribution in [3.8, 4) is 5.75 Å². The number of benzene rings is 1. The van der Waals surface area contributed by atoms with Gasteiger partial charge in [0.15, 0.2) is 0 Å². The van der Waals surface area contributed by atoms with Gasteiger partial charge in [0.05, 0.1) is 0 Å². The van der Waals surface area contributed by atoms with Gasteiger partial charge in [-0.2, -0.15) is 0 Å². The van der Waals surface area contributed by atoms with Gasteiger partial charge < -0.3 is 20.5 Å². The molecule has 3 N–H and O–H groups in total. The van der Waals surface area contributed by atoms with E-state index in [1.54, 1.807) is 0 Å². The standard InChI is InChI=1S/C17H24N2O3/c20-14(10-18-13-3-1-2-4-13)11-22-15-6-7-16-12(9-15)5-8-17(21)19-16/h6-7,9,13-14,18,20H,1-5,8,10-11H2,(H,19,21)/t14-/m0/s1. The van der Waals surface area contributed by atoms with Crippen LogP contribution in [0.2, 0.25) is 0 Å². The number of ether oxygens (including phenoxy) is 1. The number of anilines is 1. The molecule has 1 aromatic rings. The Kier molecular flexibility index (Phi) is 4.95. The number of hydrogen-bond donors (Lipinski definition) is 3. The fraction of sp³-hybridized carbons (Fsp3) is 0.588. The molecule has 1 aliphatic heterocycles. The van der Waals surface area contributed by atoms with E-state index in [1.165, 1.54) is 25.7 Å². The topological polar surface area (TPSA) is 70.6 Å². The first-order valence-corrected chi connectivity index (χ1v) is 8.18. The Morgan fingerprint density at radius 3 is 2.95 bits per heavy atom. The monoisotopic (exact) mass is 304 g/mol. The first-order chi connectivity index (χ1) is 10.7. The van der Waals surface area contributed by atoms with E-state index >= 15 is 0 Å². The number of amides is 1. The Hall–Kier alpha value is -1.59. The lowest BCUT2D eigenvalue weighted by atomic mass is 10.0. The summed E-state index contributed by atoms with van der Waals surface area (Å²) in [6.07, 6.45) is 5.76. The van der Waals surface area contributed by atoms with E-state index in [1.807, 2.05) is 18.2 Å². The molecule has 1 aliphatic carbocycles. The molecule has 120 valence electrons. The lowest BCUT2D eigenvalue weighted by Gasteiger charge is -2.19. The Labute approximate surface area is 131 Å². The summed E-state index contributed by atoms with van der Waals surface area (Å²) in [5.41, 5.74) is 1.96. The minimum Gasteiger partial charge on any atom is -0.491 e. The molecule has 1 heterocycles. The molecular weight excluding hydrogens is 280 g/mol. The maximum Gasteiger partial charge on any atom is 0.224 e. The van der Waals surface area contributed by atoms with Crippen LogP contribution in [-0.2, 0) is 11.2 Å². The van der Waals surface area contributed by atoms with E-state index in [0.29, 0.717) is 19.0 Å². The van der Waals surface area contributed by atoms with Crippen LogP contribution in [0.1, 0.15) is 37.7 Å². The summed E-state index contributed by atoms with van der Waals surface area (Å²) in [7, 11) is 0. The number of aryl methyl sites for hydroxylation is 1. The molecule has 3 rings (SSSR count). The summed E-state index contributed by atoms with van der Waals surface area (Å²) < 4.78 is 5.67. The van der Waals surface area contributed by atoms with Crippen LogP contribution in [0, 0.1) is 0 Å². The van der Waals surface area contributed by atoms with Gasteiger partial charge in [-0.3, -0.25) is 4.79 Å². The van der Waals surface area contributed by atoms with Gasteiger partial charge in [-0.25, -0.2) is 0 Å². The van der Waals surface area contributed by atoms with Crippen LogP contribution >= 0.6 is 0 Å². The molecule has 5 nitrogen and oxygen atoms in total. The normalized spacial score (nSPS) is 19.6. The van der Waals surface area contributed by atoms with Gasteiger partial charge in [-0.05, 0) is 43.0 Å². The second-order valence-corrected chi connectivity index (χ2v) is 6.22. The predicted octanol–water partition coefficient (Wildman–Crippen LogP) is 1.84. The summed E-state index contributed by atoms with van der Waals surface area (Å²) in [6.45, 7) is 0.858. The minimum atomic E-state index is -0.503. The number of aliphatic hydroxyl groups is 1. The van der Waals surface area contributed by atoms with E-state index < -0.39 is 6.10 Å². The predicted molar refractivity (Wildman–Crippen MR) is 85.2 cm³/mol. The van der Waals surface area contributed by atoms with Gasteiger partial charge in [0.1, 0.15) is 18.5 Å². The number of fused-ring (bicyclic) bond motifs is 1. The van der Waals surface area contributed by atoms with E-state index in [0.717, 1.165) is 23.4 Å². The maximum absolute atomic E-state index is 11.3. The summed E-state index contributed by atoms with van der Waals surface area (Å²) in [6, 6.07) is 6.21. The van der Waals surface area contributed by atoms with Gasteiger partial charge in [0, 0.05) is 24.7 Å². The quantitative estimate of drug-likeness (QED) is 0.750. The lowest BCUT2D eigenvalue weighted by Crippen LogP contribution is -2.36. The summed E-state index contributed by atoms with van der Waals surface area (Å²) in [4.78, 5) is 11.3. The number of carbonyl (C=O) groups excluding carboxylic acids is 1. The molecule has 0 saturated heterocycles. The van der Waals surface area contributed by atoms with Crippen molar-refractivity contribution in [3.05, 3.63) is 23.8 Å². The average molecular weight is 304 g/mol. The van der Waals surface area contributed by atoms with Crippen molar-refractivity contribution in [3.63, 3.8) is 0 Å².